The van der Waals surface area contributed by atoms with Gasteiger partial charge in [0.15, 0.2) is 0 Å². The van der Waals surface area contributed by atoms with Gasteiger partial charge < -0.3 is 21.3 Å². The van der Waals surface area contributed by atoms with Crippen molar-refractivity contribution in [2.75, 3.05) is 12.3 Å². The first kappa shape index (κ1) is 13.9. The molecule has 0 aromatic heterocycles. The van der Waals surface area contributed by atoms with Gasteiger partial charge in [0.1, 0.15) is 5.75 Å². The Hall–Kier alpha value is -2.53. The minimum Gasteiger partial charge on any atom is -0.508 e. The minimum atomic E-state index is -0.523. The van der Waals surface area contributed by atoms with Crippen molar-refractivity contribution in [3.8, 4) is 5.75 Å². The highest BCUT2D eigenvalue weighted by atomic mass is 16.3. The van der Waals surface area contributed by atoms with Gasteiger partial charge in [0.2, 0.25) is 0 Å². The number of phenolic OH excluding ortho intramolecular Hbond substituents is 1. The van der Waals surface area contributed by atoms with Gasteiger partial charge in [-0.25, -0.2) is 0 Å². The summed E-state index contributed by atoms with van der Waals surface area (Å²) >= 11 is 0. The molecule has 0 radical (unpaired) electrons. The molecule has 20 heavy (non-hydrogen) atoms. The van der Waals surface area contributed by atoms with Crippen LogP contribution in [-0.4, -0.2) is 22.7 Å². The Bertz CT molecular complexity index is 599. The summed E-state index contributed by atoms with van der Waals surface area (Å²) in [5.41, 5.74) is 6.95. The molecule has 0 bridgehead atoms. The molecule has 0 aliphatic carbocycles. The number of amides is 1. The number of anilines is 1. The Balaban J connectivity index is 2.20. The first-order valence-electron chi connectivity index (χ1n) is 6.17. The van der Waals surface area contributed by atoms with Crippen LogP contribution in [0.15, 0.2) is 48.5 Å². The summed E-state index contributed by atoms with van der Waals surface area (Å²) < 4.78 is 0. The molecule has 0 saturated heterocycles. The fourth-order valence-electron chi connectivity index (χ4n) is 1.90. The molecule has 5 heteroatoms. The molecule has 0 heterocycles. The number of benzene rings is 2. The number of nitrogens with one attached hydrogen (secondary N) is 1. The predicted molar refractivity (Wildman–Crippen MR) is 76.3 cm³/mol. The van der Waals surface area contributed by atoms with Gasteiger partial charge in [-0.15, -0.1) is 0 Å². The highest BCUT2D eigenvalue weighted by Gasteiger charge is 2.16. The number of hydrogen-bond acceptors (Lipinski definition) is 4. The molecular weight excluding hydrogens is 256 g/mol. The molecule has 5 nitrogen and oxygen atoms in total. The van der Waals surface area contributed by atoms with Crippen LogP contribution in [0.25, 0.3) is 0 Å². The second-order valence-corrected chi connectivity index (χ2v) is 4.39. The van der Waals surface area contributed by atoms with E-state index < -0.39 is 11.9 Å². The zero-order valence-electron chi connectivity index (χ0n) is 10.8. The maximum atomic E-state index is 12.1. The number of nitrogen functional groups attached to an aromatic ring is 1. The van der Waals surface area contributed by atoms with Crippen molar-refractivity contribution in [3.05, 3.63) is 59.7 Å². The fourth-order valence-corrected chi connectivity index (χ4v) is 1.90. The maximum Gasteiger partial charge on any atom is 0.254 e. The number of hydrogen-bond donors (Lipinski definition) is 4. The average Bonchev–Trinajstić information content (AvgIpc) is 2.48. The van der Waals surface area contributed by atoms with Crippen LogP contribution >= 0.6 is 0 Å². The van der Waals surface area contributed by atoms with Gasteiger partial charge in [-0.1, -0.05) is 30.3 Å². The van der Waals surface area contributed by atoms with Gasteiger partial charge in [-0.05, 0) is 23.8 Å². The van der Waals surface area contributed by atoms with Crippen LogP contribution in [0.5, 0.6) is 5.75 Å². The molecule has 5 N–H and O–H groups in total. The molecule has 1 atom stereocenters. The normalized spacial score (nSPS) is 11.8. The molecular formula is C15H16N2O3. The molecule has 2 rings (SSSR count). The minimum absolute atomic E-state index is 0.0374. The third kappa shape index (κ3) is 3.07. The van der Waals surface area contributed by atoms with Crippen molar-refractivity contribution in [2.45, 2.75) is 6.04 Å². The molecule has 2 aromatic rings. The van der Waals surface area contributed by atoms with Crippen LogP contribution in [0.1, 0.15) is 22.0 Å². The lowest BCUT2D eigenvalue weighted by Crippen LogP contribution is -2.31. The Morgan fingerprint density at radius 2 is 1.90 bits per heavy atom. The van der Waals surface area contributed by atoms with E-state index in [2.05, 4.69) is 5.32 Å². The standard InChI is InChI=1S/C15H16N2O3/c16-13-7-6-11(19)8-12(13)15(20)17-14(9-18)10-4-2-1-3-5-10/h1-8,14,18-19H,9,16H2,(H,17,20). The van der Waals surface area contributed by atoms with E-state index in [1.807, 2.05) is 30.3 Å². The van der Waals surface area contributed by atoms with Gasteiger partial charge in [0, 0.05) is 5.69 Å². The van der Waals surface area contributed by atoms with E-state index in [1.54, 1.807) is 0 Å². The Morgan fingerprint density at radius 1 is 1.20 bits per heavy atom. The quantitative estimate of drug-likeness (QED) is 0.500. The summed E-state index contributed by atoms with van der Waals surface area (Å²) in [6, 6.07) is 12.8. The Kier molecular flexibility index (Phi) is 4.22. The summed E-state index contributed by atoms with van der Waals surface area (Å²) in [5.74, 6) is -0.481. The van der Waals surface area contributed by atoms with E-state index in [0.29, 0.717) is 0 Å². The van der Waals surface area contributed by atoms with Crippen LogP contribution < -0.4 is 11.1 Å². The molecule has 0 aliphatic heterocycles. The number of phenols is 1. The van der Waals surface area contributed by atoms with Crippen molar-refractivity contribution >= 4 is 11.6 Å². The third-order valence-corrected chi connectivity index (χ3v) is 2.97. The summed E-state index contributed by atoms with van der Waals surface area (Å²) in [6.45, 7) is -0.228. The second kappa shape index (κ2) is 6.08. The fraction of sp³-hybridized carbons (Fsp3) is 0.133. The molecule has 104 valence electrons. The zero-order valence-corrected chi connectivity index (χ0v) is 10.8. The SMILES string of the molecule is Nc1ccc(O)cc1C(=O)NC(CO)c1ccccc1. The lowest BCUT2D eigenvalue weighted by atomic mass is 10.1. The summed E-state index contributed by atoms with van der Waals surface area (Å²) in [5, 5.41) is 21.5. The molecule has 0 fully saturated rings. The molecule has 0 spiro atoms. The van der Waals surface area contributed by atoms with E-state index in [9.17, 15) is 15.0 Å². The largest absolute Gasteiger partial charge is 0.508 e. The third-order valence-electron chi connectivity index (χ3n) is 2.97. The highest BCUT2D eigenvalue weighted by Crippen LogP contribution is 2.20. The number of rotatable bonds is 4. The summed E-state index contributed by atoms with van der Waals surface area (Å²) in [4.78, 5) is 12.1. The first-order chi connectivity index (χ1) is 9.61. The monoisotopic (exact) mass is 272 g/mol. The second-order valence-electron chi connectivity index (χ2n) is 4.39. The van der Waals surface area contributed by atoms with Crippen molar-refractivity contribution in [1.82, 2.24) is 5.32 Å². The summed E-state index contributed by atoms with van der Waals surface area (Å²) in [7, 11) is 0. The van der Waals surface area contributed by atoms with Crippen molar-refractivity contribution in [2.24, 2.45) is 0 Å². The molecule has 0 aliphatic rings. The lowest BCUT2D eigenvalue weighted by Gasteiger charge is -2.17. The number of nitrogens with two attached hydrogens (primary N) is 1. The smallest absolute Gasteiger partial charge is 0.254 e. The predicted octanol–water partition coefficient (Wildman–Crippen LogP) is 1.44. The Labute approximate surface area is 116 Å². The highest BCUT2D eigenvalue weighted by molar-refractivity contribution is 5.99. The van der Waals surface area contributed by atoms with E-state index in [4.69, 9.17) is 5.73 Å². The van der Waals surface area contributed by atoms with Crippen LogP contribution in [0.4, 0.5) is 5.69 Å². The summed E-state index contributed by atoms with van der Waals surface area (Å²) in [6.07, 6.45) is 0. The van der Waals surface area contributed by atoms with Gasteiger partial charge in [-0.3, -0.25) is 4.79 Å². The number of carbonyl (C=O) groups is 1. The van der Waals surface area contributed by atoms with Crippen LogP contribution in [0, 0.1) is 0 Å². The van der Waals surface area contributed by atoms with Gasteiger partial charge in [0.05, 0.1) is 18.2 Å². The van der Waals surface area contributed by atoms with Crippen LogP contribution in [-0.2, 0) is 0 Å². The van der Waals surface area contributed by atoms with E-state index >= 15 is 0 Å². The molecule has 1 unspecified atom stereocenters. The van der Waals surface area contributed by atoms with Gasteiger partial charge >= 0.3 is 0 Å². The average molecular weight is 272 g/mol. The number of aromatic hydroxyl groups is 1. The topological polar surface area (TPSA) is 95.6 Å². The molecule has 0 saturated carbocycles. The first-order valence-corrected chi connectivity index (χ1v) is 6.17. The van der Waals surface area contributed by atoms with E-state index in [1.165, 1.54) is 18.2 Å². The lowest BCUT2D eigenvalue weighted by molar-refractivity contribution is 0.0916. The van der Waals surface area contributed by atoms with E-state index in [-0.39, 0.29) is 23.6 Å². The van der Waals surface area contributed by atoms with Gasteiger partial charge in [0.25, 0.3) is 5.91 Å². The number of aliphatic hydroxyl groups excluding tert-OH is 1. The van der Waals surface area contributed by atoms with Crippen LogP contribution in [0.2, 0.25) is 0 Å². The van der Waals surface area contributed by atoms with Gasteiger partial charge in [-0.2, -0.15) is 0 Å². The zero-order chi connectivity index (χ0) is 14.5. The molecule has 1 amide bonds. The van der Waals surface area contributed by atoms with Crippen LogP contribution in [0.3, 0.4) is 0 Å². The maximum absolute atomic E-state index is 12.1. The number of carbonyl (C=O) groups excluding carboxylic acids is 1. The van der Waals surface area contributed by atoms with Crippen molar-refractivity contribution in [1.29, 1.82) is 0 Å². The van der Waals surface area contributed by atoms with E-state index in [0.717, 1.165) is 5.56 Å². The molecule has 2 aromatic carbocycles. The van der Waals surface area contributed by atoms with Crippen molar-refractivity contribution in [3.63, 3.8) is 0 Å². The number of aliphatic hydroxyl groups is 1. The van der Waals surface area contributed by atoms with Crippen molar-refractivity contribution < 1.29 is 15.0 Å². The Morgan fingerprint density at radius 3 is 2.55 bits per heavy atom.